The van der Waals surface area contributed by atoms with Crippen LogP contribution in [-0.4, -0.2) is 36.0 Å². The maximum atomic E-state index is 12.4. The molecule has 0 aromatic heterocycles. The average Bonchev–Trinajstić information content (AvgIpc) is 2.98. The van der Waals surface area contributed by atoms with Crippen LogP contribution in [-0.2, 0) is 10.2 Å². The third-order valence-corrected chi connectivity index (χ3v) is 4.82. The molecule has 22 heavy (non-hydrogen) atoms. The summed E-state index contributed by atoms with van der Waals surface area (Å²) in [4.78, 5) is 25.2. The van der Waals surface area contributed by atoms with Crippen LogP contribution in [0.2, 0.25) is 0 Å². The zero-order valence-corrected chi connectivity index (χ0v) is 13.5. The fourth-order valence-corrected chi connectivity index (χ4v) is 2.75. The molecule has 0 radical (unpaired) electrons. The van der Waals surface area contributed by atoms with Crippen LogP contribution in [0, 0.1) is 5.92 Å². The van der Waals surface area contributed by atoms with Crippen LogP contribution >= 0.6 is 0 Å². The Hall–Kier alpha value is -2.04. The van der Waals surface area contributed by atoms with E-state index in [1.165, 1.54) is 5.56 Å². The van der Waals surface area contributed by atoms with Gasteiger partial charge in [0.25, 0.3) is 0 Å². The van der Waals surface area contributed by atoms with Gasteiger partial charge < -0.3 is 16.0 Å². The van der Waals surface area contributed by atoms with Gasteiger partial charge in [-0.1, -0.05) is 44.2 Å². The molecule has 5 nitrogen and oxygen atoms in total. The highest BCUT2D eigenvalue weighted by Crippen LogP contribution is 2.27. The highest BCUT2D eigenvalue weighted by Gasteiger charge is 2.33. The summed E-state index contributed by atoms with van der Waals surface area (Å²) in [5.41, 5.74) is 6.31. The topological polar surface area (TPSA) is 75.4 Å². The predicted octanol–water partition coefficient (Wildman–Crippen LogP) is 1.87. The molecule has 1 heterocycles. The van der Waals surface area contributed by atoms with Gasteiger partial charge in [0.1, 0.15) is 0 Å². The van der Waals surface area contributed by atoms with Gasteiger partial charge in [0.15, 0.2) is 0 Å². The number of urea groups is 1. The van der Waals surface area contributed by atoms with E-state index in [4.69, 9.17) is 5.73 Å². The third kappa shape index (κ3) is 3.40. The van der Waals surface area contributed by atoms with Crippen molar-refractivity contribution in [2.24, 2.45) is 11.7 Å². The van der Waals surface area contributed by atoms with E-state index in [2.05, 4.69) is 31.3 Å². The lowest BCUT2D eigenvalue weighted by Crippen LogP contribution is -2.50. The maximum absolute atomic E-state index is 12.4. The summed E-state index contributed by atoms with van der Waals surface area (Å²) in [5.74, 6) is -0.545. The van der Waals surface area contributed by atoms with E-state index in [9.17, 15) is 9.59 Å². The summed E-state index contributed by atoms with van der Waals surface area (Å²) in [6, 6.07) is 9.98. The Balaban J connectivity index is 1.98. The van der Waals surface area contributed by atoms with Gasteiger partial charge in [-0.15, -0.1) is 0 Å². The standard InChI is InChI=1S/C17H25N3O2/c1-12(17(2,3)14-7-5-4-6-8-14)19-16(22)20-10-9-13(11-20)15(18)21/h4-8,12-13H,9-11H2,1-3H3,(H2,18,21)(H,19,22)/t12-,13-/m0/s1. The van der Waals surface area contributed by atoms with E-state index in [0.29, 0.717) is 19.5 Å². The molecule has 2 rings (SSSR count). The number of carbonyl (C=O) groups excluding carboxylic acids is 2. The molecule has 120 valence electrons. The van der Waals surface area contributed by atoms with Crippen molar-refractivity contribution < 1.29 is 9.59 Å². The fourth-order valence-electron chi connectivity index (χ4n) is 2.75. The number of nitrogens with one attached hydrogen (secondary N) is 1. The van der Waals surface area contributed by atoms with Crippen LogP contribution in [0.4, 0.5) is 4.79 Å². The summed E-state index contributed by atoms with van der Waals surface area (Å²) in [6.07, 6.45) is 0.652. The molecule has 1 aliphatic rings. The van der Waals surface area contributed by atoms with Gasteiger partial charge in [-0.25, -0.2) is 4.79 Å². The second-order valence-corrected chi connectivity index (χ2v) is 6.59. The second kappa shape index (κ2) is 6.38. The van der Waals surface area contributed by atoms with Crippen LogP contribution < -0.4 is 11.1 Å². The fraction of sp³-hybridized carbons (Fsp3) is 0.529. The predicted molar refractivity (Wildman–Crippen MR) is 86.3 cm³/mol. The molecule has 1 aliphatic heterocycles. The number of carbonyl (C=O) groups is 2. The van der Waals surface area contributed by atoms with Gasteiger partial charge in [0, 0.05) is 24.5 Å². The maximum Gasteiger partial charge on any atom is 0.317 e. The van der Waals surface area contributed by atoms with E-state index in [-0.39, 0.29) is 29.3 Å². The monoisotopic (exact) mass is 303 g/mol. The summed E-state index contributed by atoms with van der Waals surface area (Å²) in [6.45, 7) is 7.23. The highest BCUT2D eigenvalue weighted by molar-refractivity contribution is 5.80. The molecule has 1 fully saturated rings. The van der Waals surface area contributed by atoms with E-state index >= 15 is 0 Å². The van der Waals surface area contributed by atoms with E-state index < -0.39 is 0 Å². The quantitative estimate of drug-likeness (QED) is 0.891. The Bertz CT molecular complexity index is 542. The number of primary amides is 1. The number of amides is 3. The normalized spacial score (nSPS) is 19.8. The first kappa shape index (κ1) is 16.3. The van der Waals surface area contributed by atoms with Crippen LogP contribution in [0.25, 0.3) is 0 Å². The molecule has 0 aliphatic carbocycles. The summed E-state index contributed by atoms with van der Waals surface area (Å²) in [7, 11) is 0. The first-order valence-electron chi connectivity index (χ1n) is 7.72. The van der Waals surface area contributed by atoms with Crippen LogP contribution in [0.5, 0.6) is 0 Å². The number of benzene rings is 1. The molecule has 0 spiro atoms. The first-order chi connectivity index (χ1) is 10.3. The lowest BCUT2D eigenvalue weighted by atomic mass is 9.78. The minimum absolute atomic E-state index is 0.0324. The highest BCUT2D eigenvalue weighted by atomic mass is 16.2. The molecule has 0 unspecified atom stereocenters. The summed E-state index contributed by atoms with van der Waals surface area (Å²) < 4.78 is 0. The van der Waals surface area contributed by atoms with E-state index in [1.807, 2.05) is 25.1 Å². The van der Waals surface area contributed by atoms with Gasteiger partial charge in [-0.2, -0.15) is 0 Å². The van der Waals surface area contributed by atoms with Crippen molar-refractivity contribution in [3.05, 3.63) is 35.9 Å². The molecule has 1 saturated heterocycles. The lowest BCUT2D eigenvalue weighted by Gasteiger charge is -2.34. The molecule has 0 saturated carbocycles. The number of likely N-dealkylation sites (tertiary alicyclic amines) is 1. The first-order valence-corrected chi connectivity index (χ1v) is 7.72. The lowest BCUT2D eigenvalue weighted by molar-refractivity contribution is -0.121. The molecule has 0 bridgehead atoms. The zero-order chi connectivity index (χ0) is 16.3. The van der Waals surface area contributed by atoms with Crippen molar-refractivity contribution in [1.29, 1.82) is 0 Å². The van der Waals surface area contributed by atoms with Crippen molar-refractivity contribution in [2.45, 2.75) is 38.6 Å². The average molecular weight is 303 g/mol. The minimum Gasteiger partial charge on any atom is -0.369 e. The molecule has 3 amide bonds. The van der Waals surface area contributed by atoms with Crippen LogP contribution in [0.1, 0.15) is 32.8 Å². The Morgan fingerprint density at radius 3 is 2.50 bits per heavy atom. The molecule has 3 N–H and O–H groups in total. The zero-order valence-electron chi connectivity index (χ0n) is 13.5. The minimum atomic E-state index is -0.326. The molecular formula is C17H25N3O2. The van der Waals surface area contributed by atoms with E-state index in [1.54, 1.807) is 4.90 Å². The number of nitrogens with two attached hydrogens (primary N) is 1. The van der Waals surface area contributed by atoms with Gasteiger partial charge in [-0.3, -0.25) is 4.79 Å². The summed E-state index contributed by atoms with van der Waals surface area (Å²) in [5, 5.41) is 3.05. The van der Waals surface area contributed by atoms with Crippen molar-refractivity contribution >= 4 is 11.9 Å². The smallest absolute Gasteiger partial charge is 0.317 e. The molecule has 2 atom stereocenters. The van der Waals surface area contributed by atoms with Gasteiger partial charge in [0.05, 0.1) is 5.92 Å². The molecule has 1 aromatic rings. The molecule has 5 heteroatoms. The Morgan fingerprint density at radius 1 is 1.32 bits per heavy atom. The van der Waals surface area contributed by atoms with Crippen molar-refractivity contribution in [1.82, 2.24) is 10.2 Å². The largest absolute Gasteiger partial charge is 0.369 e. The van der Waals surface area contributed by atoms with Crippen molar-refractivity contribution in [2.75, 3.05) is 13.1 Å². The Kier molecular flexibility index (Phi) is 4.74. The number of nitrogens with zero attached hydrogens (tertiary/aromatic N) is 1. The Morgan fingerprint density at radius 2 is 1.95 bits per heavy atom. The van der Waals surface area contributed by atoms with Gasteiger partial charge in [0.2, 0.25) is 5.91 Å². The van der Waals surface area contributed by atoms with Crippen LogP contribution in [0.3, 0.4) is 0 Å². The SMILES string of the molecule is C[C@H](NC(=O)N1CC[C@H](C(N)=O)C1)C(C)(C)c1ccccc1. The van der Waals surface area contributed by atoms with Gasteiger partial charge in [-0.05, 0) is 18.9 Å². The van der Waals surface area contributed by atoms with E-state index in [0.717, 1.165) is 0 Å². The third-order valence-electron chi connectivity index (χ3n) is 4.82. The van der Waals surface area contributed by atoms with Crippen molar-refractivity contribution in [3.63, 3.8) is 0 Å². The number of hydrogen-bond donors (Lipinski definition) is 2. The summed E-state index contributed by atoms with van der Waals surface area (Å²) >= 11 is 0. The second-order valence-electron chi connectivity index (χ2n) is 6.59. The number of rotatable bonds is 4. The number of hydrogen-bond acceptors (Lipinski definition) is 2. The van der Waals surface area contributed by atoms with Crippen LogP contribution in [0.15, 0.2) is 30.3 Å². The van der Waals surface area contributed by atoms with Crippen molar-refractivity contribution in [3.8, 4) is 0 Å². The van der Waals surface area contributed by atoms with Gasteiger partial charge >= 0.3 is 6.03 Å². The Labute approximate surface area is 131 Å². The molecule has 1 aromatic carbocycles. The molecular weight excluding hydrogens is 278 g/mol.